The zero-order valence-corrected chi connectivity index (χ0v) is 12.1. The van der Waals surface area contributed by atoms with Gasteiger partial charge in [0.15, 0.2) is 0 Å². The standard InChI is InChI=1S/C10H10BrClN2O2S/c1-2-3-4-14-17(15,16)9-6-7(12)5-8(13)10(9)11/h5-6,14H,4,13H2,1H3. The van der Waals surface area contributed by atoms with E-state index in [1.807, 2.05) is 0 Å². The van der Waals surface area contributed by atoms with Gasteiger partial charge in [-0.25, -0.2) is 8.42 Å². The first-order valence-corrected chi connectivity index (χ1v) is 7.17. The Labute approximate surface area is 114 Å². The first kappa shape index (κ1) is 14.3. The first-order valence-electron chi connectivity index (χ1n) is 4.52. The molecule has 0 aliphatic rings. The van der Waals surface area contributed by atoms with Crippen molar-refractivity contribution >= 4 is 43.2 Å². The van der Waals surface area contributed by atoms with Crippen molar-refractivity contribution in [3.63, 3.8) is 0 Å². The van der Waals surface area contributed by atoms with Gasteiger partial charge in [-0.1, -0.05) is 17.5 Å². The van der Waals surface area contributed by atoms with Crippen molar-refractivity contribution in [2.45, 2.75) is 11.8 Å². The van der Waals surface area contributed by atoms with E-state index in [0.29, 0.717) is 4.47 Å². The SMILES string of the molecule is CC#CCNS(=O)(=O)c1cc(Cl)cc(N)c1Br. The summed E-state index contributed by atoms with van der Waals surface area (Å²) in [7, 11) is -3.67. The molecular formula is C10H10BrClN2O2S. The molecule has 92 valence electrons. The van der Waals surface area contributed by atoms with E-state index in [9.17, 15) is 8.42 Å². The predicted octanol–water partition coefficient (Wildman–Crippen LogP) is 1.99. The Morgan fingerprint density at radius 3 is 2.76 bits per heavy atom. The molecule has 0 spiro atoms. The molecule has 1 rings (SSSR count). The second kappa shape index (κ2) is 5.74. The average molecular weight is 338 g/mol. The highest BCUT2D eigenvalue weighted by molar-refractivity contribution is 9.10. The van der Waals surface area contributed by atoms with Crippen LogP contribution in [0.15, 0.2) is 21.5 Å². The summed E-state index contributed by atoms with van der Waals surface area (Å²) >= 11 is 8.89. The van der Waals surface area contributed by atoms with Gasteiger partial charge in [0.1, 0.15) is 0 Å². The number of halogens is 2. The number of hydrogen-bond acceptors (Lipinski definition) is 3. The monoisotopic (exact) mass is 336 g/mol. The number of hydrogen-bond donors (Lipinski definition) is 2. The van der Waals surface area contributed by atoms with Gasteiger partial charge in [-0.05, 0) is 35.0 Å². The van der Waals surface area contributed by atoms with Crippen LogP contribution in [0.25, 0.3) is 0 Å². The average Bonchev–Trinajstić information content (AvgIpc) is 2.23. The van der Waals surface area contributed by atoms with Gasteiger partial charge in [0.05, 0.1) is 15.9 Å². The van der Waals surface area contributed by atoms with Crippen molar-refractivity contribution in [2.75, 3.05) is 12.3 Å². The molecule has 0 bridgehead atoms. The molecule has 0 aliphatic carbocycles. The van der Waals surface area contributed by atoms with Gasteiger partial charge < -0.3 is 5.73 Å². The van der Waals surface area contributed by atoms with Crippen LogP contribution in [0.5, 0.6) is 0 Å². The summed E-state index contributed by atoms with van der Waals surface area (Å²) in [5, 5.41) is 0.257. The fourth-order valence-electron chi connectivity index (χ4n) is 1.08. The zero-order valence-electron chi connectivity index (χ0n) is 8.92. The molecule has 0 atom stereocenters. The molecule has 0 amide bonds. The minimum atomic E-state index is -3.67. The molecule has 3 N–H and O–H groups in total. The summed E-state index contributed by atoms with van der Waals surface area (Å²) in [6.45, 7) is 1.67. The lowest BCUT2D eigenvalue weighted by molar-refractivity contribution is 0.585. The predicted molar refractivity (Wildman–Crippen MR) is 72.2 cm³/mol. The molecule has 0 aromatic heterocycles. The highest BCUT2D eigenvalue weighted by Crippen LogP contribution is 2.31. The van der Waals surface area contributed by atoms with Crippen molar-refractivity contribution in [3.8, 4) is 11.8 Å². The third kappa shape index (κ3) is 3.61. The van der Waals surface area contributed by atoms with E-state index in [1.54, 1.807) is 6.92 Å². The molecule has 7 heteroatoms. The van der Waals surface area contributed by atoms with E-state index in [-0.39, 0.29) is 22.2 Å². The Bertz CT molecular complexity index is 590. The number of nitrogen functional groups attached to an aromatic ring is 1. The Balaban J connectivity index is 3.18. The van der Waals surface area contributed by atoms with E-state index >= 15 is 0 Å². The van der Waals surface area contributed by atoms with Crippen LogP contribution >= 0.6 is 27.5 Å². The van der Waals surface area contributed by atoms with Crippen LogP contribution in [0, 0.1) is 11.8 Å². The van der Waals surface area contributed by atoms with Gasteiger partial charge in [-0.15, -0.1) is 5.92 Å². The molecule has 0 heterocycles. The third-order valence-electron chi connectivity index (χ3n) is 1.85. The lowest BCUT2D eigenvalue weighted by Crippen LogP contribution is -2.24. The fourth-order valence-corrected chi connectivity index (χ4v) is 3.29. The molecule has 0 aliphatic heterocycles. The molecule has 0 radical (unpaired) electrons. The largest absolute Gasteiger partial charge is 0.398 e. The summed E-state index contributed by atoms with van der Waals surface area (Å²) in [5.41, 5.74) is 5.88. The topological polar surface area (TPSA) is 72.2 Å². The molecule has 1 aromatic rings. The molecule has 4 nitrogen and oxygen atoms in total. The van der Waals surface area contributed by atoms with Crippen molar-refractivity contribution < 1.29 is 8.42 Å². The second-order valence-electron chi connectivity index (χ2n) is 3.06. The smallest absolute Gasteiger partial charge is 0.242 e. The highest BCUT2D eigenvalue weighted by Gasteiger charge is 2.19. The van der Waals surface area contributed by atoms with Gasteiger partial charge in [-0.2, -0.15) is 4.72 Å². The van der Waals surface area contributed by atoms with Crippen LogP contribution in [-0.2, 0) is 10.0 Å². The summed E-state index contributed by atoms with van der Waals surface area (Å²) in [4.78, 5) is 0.000373. The van der Waals surface area contributed by atoms with E-state index < -0.39 is 10.0 Å². The molecule has 0 fully saturated rings. The second-order valence-corrected chi connectivity index (χ2v) is 6.02. The number of rotatable bonds is 3. The van der Waals surface area contributed by atoms with Crippen LogP contribution in [-0.4, -0.2) is 15.0 Å². The summed E-state index contributed by atoms with van der Waals surface area (Å²) in [6, 6.07) is 2.79. The molecule has 0 saturated heterocycles. The summed E-state index contributed by atoms with van der Waals surface area (Å²) in [6.07, 6.45) is 0. The quantitative estimate of drug-likeness (QED) is 0.654. The summed E-state index contributed by atoms with van der Waals surface area (Å²) < 4.78 is 26.4. The highest BCUT2D eigenvalue weighted by atomic mass is 79.9. The van der Waals surface area contributed by atoms with Crippen LogP contribution in [0.1, 0.15) is 6.92 Å². The van der Waals surface area contributed by atoms with Gasteiger partial charge in [0.2, 0.25) is 10.0 Å². The Morgan fingerprint density at radius 2 is 2.18 bits per heavy atom. The first-order chi connectivity index (χ1) is 7.88. The lowest BCUT2D eigenvalue weighted by Gasteiger charge is -2.09. The zero-order chi connectivity index (χ0) is 13.1. The van der Waals surface area contributed by atoms with Crippen LogP contribution in [0.2, 0.25) is 5.02 Å². The van der Waals surface area contributed by atoms with E-state index in [4.69, 9.17) is 17.3 Å². The van der Waals surface area contributed by atoms with Crippen molar-refractivity contribution in [2.24, 2.45) is 0 Å². The molecular weight excluding hydrogens is 328 g/mol. The number of nitrogens with one attached hydrogen (secondary N) is 1. The van der Waals surface area contributed by atoms with Crippen molar-refractivity contribution in [3.05, 3.63) is 21.6 Å². The molecule has 0 saturated carbocycles. The van der Waals surface area contributed by atoms with Gasteiger partial charge in [0.25, 0.3) is 0 Å². The van der Waals surface area contributed by atoms with Gasteiger partial charge in [-0.3, -0.25) is 0 Å². The number of nitrogens with two attached hydrogens (primary N) is 1. The maximum atomic E-state index is 11.9. The van der Waals surface area contributed by atoms with E-state index in [1.165, 1.54) is 12.1 Å². The van der Waals surface area contributed by atoms with Crippen LogP contribution in [0.4, 0.5) is 5.69 Å². The Morgan fingerprint density at radius 1 is 1.53 bits per heavy atom. The molecule has 0 unspecified atom stereocenters. The van der Waals surface area contributed by atoms with Crippen molar-refractivity contribution in [1.82, 2.24) is 4.72 Å². The minimum Gasteiger partial charge on any atom is -0.398 e. The fraction of sp³-hybridized carbons (Fsp3) is 0.200. The van der Waals surface area contributed by atoms with Crippen LogP contribution in [0.3, 0.4) is 0 Å². The summed E-state index contributed by atoms with van der Waals surface area (Å²) in [5.74, 6) is 5.19. The third-order valence-corrected chi connectivity index (χ3v) is 4.64. The van der Waals surface area contributed by atoms with Crippen LogP contribution < -0.4 is 10.5 Å². The molecule has 1 aromatic carbocycles. The Hall–Kier alpha value is -0.740. The number of benzene rings is 1. The minimum absolute atomic E-state index is 0.000373. The maximum absolute atomic E-state index is 11.9. The maximum Gasteiger partial charge on any atom is 0.242 e. The normalized spacial score (nSPS) is 10.8. The van der Waals surface area contributed by atoms with E-state index in [2.05, 4.69) is 32.5 Å². The Kier molecular flexibility index (Phi) is 4.83. The number of sulfonamides is 1. The number of anilines is 1. The molecule has 17 heavy (non-hydrogen) atoms. The van der Waals surface area contributed by atoms with Gasteiger partial charge >= 0.3 is 0 Å². The van der Waals surface area contributed by atoms with Crippen molar-refractivity contribution in [1.29, 1.82) is 0 Å². The lowest BCUT2D eigenvalue weighted by atomic mass is 10.3. The van der Waals surface area contributed by atoms with E-state index in [0.717, 1.165) is 0 Å². The van der Waals surface area contributed by atoms with Gasteiger partial charge in [0, 0.05) is 10.7 Å².